The van der Waals surface area contributed by atoms with Crippen LogP contribution in [0.3, 0.4) is 0 Å². The largest absolute Gasteiger partial charge is 0.391 e. The first-order chi connectivity index (χ1) is 11.2. The summed E-state index contributed by atoms with van der Waals surface area (Å²) < 4.78 is 40.0. The van der Waals surface area contributed by atoms with Gasteiger partial charge in [0.25, 0.3) is 0 Å². The summed E-state index contributed by atoms with van der Waals surface area (Å²) >= 11 is 0. The molecule has 0 aromatic carbocycles. The van der Waals surface area contributed by atoms with Crippen molar-refractivity contribution in [1.29, 1.82) is 0 Å². The van der Waals surface area contributed by atoms with E-state index in [4.69, 9.17) is 0 Å². The second-order valence-electron chi connectivity index (χ2n) is 6.43. The van der Waals surface area contributed by atoms with Gasteiger partial charge in [-0.15, -0.1) is 24.0 Å². The highest BCUT2D eigenvalue weighted by Crippen LogP contribution is 2.37. The number of nitrogens with zero attached hydrogens (tertiary/aromatic N) is 3. The standard InChI is InChI=1S/C16H26F3N5.HI/c1-10-14(11(2)24(4)23-10)9-21-15(20-3)22-13-7-5-12(6-8-13)16(17,18)19;/h12-13H,5-9H2,1-4H3,(H2,20,21,22);1H. The van der Waals surface area contributed by atoms with Crippen molar-refractivity contribution in [3.8, 4) is 0 Å². The summed E-state index contributed by atoms with van der Waals surface area (Å²) in [6, 6.07) is 0.0332. The van der Waals surface area contributed by atoms with Gasteiger partial charge in [0, 0.05) is 37.9 Å². The summed E-state index contributed by atoms with van der Waals surface area (Å²) in [7, 11) is 3.57. The average molecular weight is 473 g/mol. The summed E-state index contributed by atoms with van der Waals surface area (Å²) in [6.07, 6.45) is -2.69. The number of rotatable bonds is 3. The molecule has 0 aliphatic heterocycles. The van der Waals surface area contributed by atoms with Gasteiger partial charge in [-0.2, -0.15) is 18.3 Å². The van der Waals surface area contributed by atoms with Gasteiger partial charge in [0.1, 0.15) is 0 Å². The summed E-state index contributed by atoms with van der Waals surface area (Å²) in [5, 5.41) is 10.8. The topological polar surface area (TPSA) is 54.2 Å². The van der Waals surface area contributed by atoms with Gasteiger partial charge in [0.2, 0.25) is 0 Å². The van der Waals surface area contributed by atoms with Gasteiger partial charge in [-0.25, -0.2) is 0 Å². The van der Waals surface area contributed by atoms with E-state index in [0.717, 1.165) is 17.0 Å². The van der Waals surface area contributed by atoms with E-state index in [1.807, 2.05) is 25.6 Å². The van der Waals surface area contributed by atoms with Crippen molar-refractivity contribution in [3.05, 3.63) is 17.0 Å². The van der Waals surface area contributed by atoms with Crippen LogP contribution in [0.1, 0.15) is 42.6 Å². The predicted octanol–water partition coefficient (Wildman–Crippen LogP) is 3.44. The number of halogens is 4. The molecular formula is C16H27F3IN5. The van der Waals surface area contributed by atoms with Crippen LogP contribution in [0.25, 0.3) is 0 Å². The number of aromatic nitrogens is 2. The van der Waals surface area contributed by atoms with E-state index in [9.17, 15) is 13.2 Å². The highest BCUT2D eigenvalue weighted by molar-refractivity contribution is 14.0. The molecule has 0 radical (unpaired) electrons. The summed E-state index contributed by atoms with van der Waals surface area (Å²) in [5.74, 6) is -0.542. The minimum Gasteiger partial charge on any atom is -0.354 e. The first kappa shape index (κ1) is 22.0. The van der Waals surface area contributed by atoms with Crippen LogP contribution in [0, 0.1) is 19.8 Å². The van der Waals surface area contributed by atoms with Crippen molar-refractivity contribution < 1.29 is 13.2 Å². The molecule has 1 aliphatic rings. The maximum absolute atomic E-state index is 12.7. The number of aliphatic imine (C=N–C) groups is 1. The Morgan fingerprint density at radius 2 is 1.84 bits per heavy atom. The Morgan fingerprint density at radius 3 is 2.28 bits per heavy atom. The van der Waals surface area contributed by atoms with E-state index in [2.05, 4.69) is 20.7 Å². The summed E-state index contributed by atoms with van der Waals surface area (Å²) in [5.41, 5.74) is 3.16. The Bertz CT molecular complexity index is 589. The van der Waals surface area contributed by atoms with Gasteiger partial charge in [0.05, 0.1) is 11.6 Å². The lowest BCUT2D eigenvalue weighted by molar-refractivity contribution is -0.182. The zero-order valence-electron chi connectivity index (χ0n) is 15.1. The zero-order valence-corrected chi connectivity index (χ0v) is 17.4. The molecule has 1 heterocycles. The number of guanidine groups is 1. The molecule has 1 aliphatic carbocycles. The number of hydrogen-bond donors (Lipinski definition) is 2. The monoisotopic (exact) mass is 473 g/mol. The molecule has 1 fully saturated rings. The molecule has 25 heavy (non-hydrogen) atoms. The molecule has 0 unspecified atom stereocenters. The lowest BCUT2D eigenvalue weighted by Gasteiger charge is -2.31. The zero-order chi connectivity index (χ0) is 17.9. The molecule has 0 bridgehead atoms. The van der Waals surface area contributed by atoms with Crippen LogP contribution in [-0.4, -0.2) is 35.0 Å². The van der Waals surface area contributed by atoms with Gasteiger partial charge in [-0.05, 0) is 39.5 Å². The van der Waals surface area contributed by atoms with Crippen molar-refractivity contribution in [3.63, 3.8) is 0 Å². The van der Waals surface area contributed by atoms with Gasteiger partial charge >= 0.3 is 6.18 Å². The molecule has 9 heteroatoms. The van der Waals surface area contributed by atoms with Crippen LogP contribution < -0.4 is 10.6 Å². The van der Waals surface area contributed by atoms with Crippen LogP contribution in [0.2, 0.25) is 0 Å². The minimum absolute atomic E-state index is 0. The van der Waals surface area contributed by atoms with Crippen LogP contribution in [0.15, 0.2) is 4.99 Å². The molecule has 0 spiro atoms. The summed E-state index contributed by atoms with van der Waals surface area (Å²) in [4.78, 5) is 4.18. The van der Waals surface area contributed by atoms with Crippen LogP contribution in [0.5, 0.6) is 0 Å². The first-order valence-electron chi connectivity index (χ1n) is 8.25. The Morgan fingerprint density at radius 1 is 1.24 bits per heavy atom. The highest BCUT2D eigenvalue weighted by Gasteiger charge is 2.41. The molecule has 0 saturated heterocycles. The third-order valence-corrected chi connectivity index (χ3v) is 4.85. The Kier molecular flexibility index (Phi) is 8.01. The number of hydrogen-bond acceptors (Lipinski definition) is 2. The molecule has 1 saturated carbocycles. The average Bonchev–Trinajstić information content (AvgIpc) is 2.76. The third-order valence-electron chi connectivity index (χ3n) is 4.85. The molecule has 2 N–H and O–H groups in total. The number of alkyl halides is 3. The van der Waals surface area contributed by atoms with E-state index < -0.39 is 12.1 Å². The molecular weight excluding hydrogens is 446 g/mol. The minimum atomic E-state index is -4.07. The second kappa shape index (κ2) is 9.09. The molecule has 2 rings (SSSR count). The van der Waals surface area contributed by atoms with Gasteiger partial charge in [0.15, 0.2) is 5.96 Å². The van der Waals surface area contributed by atoms with Gasteiger partial charge < -0.3 is 10.6 Å². The number of aryl methyl sites for hydroxylation is 2. The van der Waals surface area contributed by atoms with Gasteiger partial charge in [-0.1, -0.05) is 0 Å². The normalized spacial score (nSPS) is 21.6. The van der Waals surface area contributed by atoms with Crippen molar-refractivity contribution in [1.82, 2.24) is 20.4 Å². The van der Waals surface area contributed by atoms with Crippen molar-refractivity contribution in [2.24, 2.45) is 18.0 Å². The van der Waals surface area contributed by atoms with Crippen molar-refractivity contribution in [2.75, 3.05) is 7.05 Å². The smallest absolute Gasteiger partial charge is 0.354 e. The molecule has 5 nitrogen and oxygen atoms in total. The Hall–Kier alpha value is -1.00. The SMILES string of the molecule is CN=C(NCc1c(C)nn(C)c1C)NC1CCC(C(F)(F)F)CC1.I. The lowest BCUT2D eigenvalue weighted by atomic mass is 9.85. The van der Waals surface area contributed by atoms with Crippen LogP contribution >= 0.6 is 24.0 Å². The van der Waals surface area contributed by atoms with E-state index in [-0.39, 0.29) is 42.9 Å². The number of nitrogens with one attached hydrogen (secondary N) is 2. The fourth-order valence-electron chi connectivity index (χ4n) is 3.20. The van der Waals surface area contributed by atoms with E-state index in [1.165, 1.54) is 0 Å². The Balaban J connectivity index is 0.00000312. The molecule has 1 aromatic heterocycles. The quantitative estimate of drug-likeness (QED) is 0.402. The van der Waals surface area contributed by atoms with E-state index in [0.29, 0.717) is 25.3 Å². The lowest BCUT2D eigenvalue weighted by Crippen LogP contribution is -2.45. The molecule has 0 amide bonds. The van der Waals surface area contributed by atoms with E-state index in [1.54, 1.807) is 7.05 Å². The summed E-state index contributed by atoms with van der Waals surface area (Å²) in [6.45, 7) is 4.55. The van der Waals surface area contributed by atoms with Crippen molar-refractivity contribution >= 4 is 29.9 Å². The molecule has 144 valence electrons. The fraction of sp³-hybridized carbons (Fsp3) is 0.750. The second-order valence-corrected chi connectivity index (χ2v) is 6.43. The van der Waals surface area contributed by atoms with Gasteiger partial charge in [-0.3, -0.25) is 9.67 Å². The maximum atomic E-state index is 12.7. The van der Waals surface area contributed by atoms with Crippen LogP contribution in [-0.2, 0) is 13.6 Å². The predicted molar refractivity (Wildman–Crippen MR) is 103 cm³/mol. The Labute approximate surface area is 163 Å². The fourth-order valence-corrected chi connectivity index (χ4v) is 3.20. The highest BCUT2D eigenvalue weighted by atomic mass is 127. The first-order valence-corrected chi connectivity index (χ1v) is 8.25. The van der Waals surface area contributed by atoms with E-state index >= 15 is 0 Å². The maximum Gasteiger partial charge on any atom is 0.391 e. The van der Waals surface area contributed by atoms with Crippen LogP contribution in [0.4, 0.5) is 13.2 Å². The molecule has 1 aromatic rings. The third kappa shape index (κ3) is 5.75. The van der Waals surface area contributed by atoms with Crippen molar-refractivity contribution in [2.45, 2.75) is 58.3 Å². The molecule has 0 atom stereocenters.